The Kier molecular flexibility index (Phi) is 6.01. The molecule has 7 nitrogen and oxygen atoms in total. The largest absolute Gasteiger partial charge is 0.365 e. The molecule has 0 saturated carbocycles. The quantitative estimate of drug-likeness (QED) is 0.261. The van der Waals surface area contributed by atoms with Gasteiger partial charge in [-0.2, -0.15) is 0 Å². The minimum atomic E-state index is -0.594. The number of nitro groups is 1. The Hall–Kier alpha value is -3.87. The molecule has 0 radical (unpaired) electrons. The second-order valence-electron chi connectivity index (χ2n) is 7.69. The van der Waals surface area contributed by atoms with Gasteiger partial charge in [-0.15, -0.1) is 0 Å². The van der Waals surface area contributed by atoms with E-state index in [0.717, 1.165) is 5.56 Å². The van der Waals surface area contributed by atoms with Crippen molar-refractivity contribution in [3.8, 4) is 0 Å². The van der Waals surface area contributed by atoms with Gasteiger partial charge >= 0.3 is 5.97 Å². The molecule has 3 aromatic rings. The molecule has 7 heteroatoms. The standard InChI is InChI=1S/C23H21N3O4/c1-23(2,3)19-8-4-18(5-9-19)22(27)30-25-21(17-12-14-24-15-13-17)16-6-10-20(11-7-16)26(28)29/h4-15H,1-3H3/b25-21+. The minimum absolute atomic E-state index is 0.0228. The molecule has 1 heterocycles. The molecular weight excluding hydrogens is 382 g/mol. The molecule has 0 aliphatic carbocycles. The minimum Gasteiger partial charge on any atom is -0.312 e. The molecule has 0 saturated heterocycles. The van der Waals surface area contributed by atoms with E-state index in [4.69, 9.17) is 4.84 Å². The number of non-ortho nitro benzene ring substituents is 1. The number of carbonyl (C=O) groups is 1. The van der Waals surface area contributed by atoms with Gasteiger partial charge in [-0.1, -0.05) is 38.1 Å². The lowest BCUT2D eigenvalue weighted by Crippen LogP contribution is -2.12. The Morgan fingerprint density at radius 3 is 1.97 bits per heavy atom. The van der Waals surface area contributed by atoms with E-state index in [-0.39, 0.29) is 11.1 Å². The maximum Gasteiger partial charge on any atom is 0.365 e. The number of hydrogen-bond acceptors (Lipinski definition) is 6. The number of hydrogen-bond donors (Lipinski definition) is 0. The molecule has 2 aromatic carbocycles. The number of nitrogens with zero attached hydrogens (tertiary/aromatic N) is 3. The Labute approximate surface area is 174 Å². The Bertz CT molecular complexity index is 1070. The van der Waals surface area contributed by atoms with Crippen LogP contribution in [-0.4, -0.2) is 21.6 Å². The molecular formula is C23H21N3O4. The van der Waals surface area contributed by atoms with Crippen LogP contribution >= 0.6 is 0 Å². The second-order valence-corrected chi connectivity index (χ2v) is 7.69. The molecule has 3 rings (SSSR count). The maximum atomic E-state index is 12.5. The number of oxime groups is 1. The van der Waals surface area contributed by atoms with E-state index in [2.05, 4.69) is 30.9 Å². The zero-order valence-corrected chi connectivity index (χ0v) is 16.9. The van der Waals surface area contributed by atoms with Crippen molar-refractivity contribution in [3.63, 3.8) is 0 Å². The highest BCUT2D eigenvalue weighted by molar-refractivity contribution is 6.12. The first-order valence-corrected chi connectivity index (χ1v) is 9.31. The molecule has 0 N–H and O–H groups in total. The van der Waals surface area contributed by atoms with Crippen molar-refractivity contribution in [2.45, 2.75) is 26.2 Å². The number of rotatable bonds is 5. The average Bonchev–Trinajstić information content (AvgIpc) is 2.74. The summed E-state index contributed by atoms with van der Waals surface area (Å²) in [5.74, 6) is -0.594. The highest BCUT2D eigenvalue weighted by atomic mass is 16.7. The predicted octanol–water partition coefficient (Wildman–Crippen LogP) is 4.90. The van der Waals surface area contributed by atoms with E-state index in [0.29, 0.717) is 22.4 Å². The van der Waals surface area contributed by atoms with Crippen LogP contribution in [0.2, 0.25) is 0 Å². The first-order valence-electron chi connectivity index (χ1n) is 9.31. The van der Waals surface area contributed by atoms with Crippen molar-refractivity contribution in [1.82, 2.24) is 4.98 Å². The van der Waals surface area contributed by atoms with E-state index in [1.54, 1.807) is 48.8 Å². The second kappa shape index (κ2) is 8.65. The van der Waals surface area contributed by atoms with Crippen molar-refractivity contribution in [1.29, 1.82) is 0 Å². The van der Waals surface area contributed by atoms with Crippen LogP contribution in [0, 0.1) is 10.1 Å². The summed E-state index contributed by atoms with van der Waals surface area (Å²) in [6.07, 6.45) is 3.17. The van der Waals surface area contributed by atoms with Crippen molar-refractivity contribution >= 4 is 17.4 Å². The summed E-state index contributed by atoms with van der Waals surface area (Å²) in [6.45, 7) is 6.28. The first kappa shape index (κ1) is 20.9. The van der Waals surface area contributed by atoms with Crippen LogP contribution in [0.3, 0.4) is 0 Å². The third-order valence-corrected chi connectivity index (χ3v) is 4.51. The lowest BCUT2D eigenvalue weighted by atomic mass is 9.87. The smallest absolute Gasteiger partial charge is 0.312 e. The van der Waals surface area contributed by atoms with Crippen LogP contribution in [0.5, 0.6) is 0 Å². The zero-order valence-electron chi connectivity index (χ0n) is 16.9. The van der Waals surface area contributed by atoms with Gasteiger partial charge in [-0.05, 0) is 47.4 Å². The molecule has 152 valence electrons. The van der Waals surface area contributed by atoms with E-state index in [1.165, 1.54) is 12.1 Å². The van der Waals surface area contributed by atoms with Crippen LogP contribution < -0.4 is 0 Å². The zero-order chi connectivity index (χ0) is 21.7. The van der Waals surface area contributed by atoms with Crippen molar-refractivity contribution in [2.75, 3.05) is 0 Å². The molecule has 0 aliphatic heterocycles. The fourth-order valence-electron chi connectivity index (χ4n) is 2.77. The van der Waals surface area contributed by atoms with Crippen molar-refractivity contribution < 1.29 is 14.6 Å². The molecule has 0 unspecified atom stereocenters. The fourth-order valence-corrected chi connectivity index (χ4v) is 2.77. The molecule has 0 bridgehead atoms. The van der Waals surface area contributed by atoms with Crippen LogP contribution in [0.4, 0.5) is 5.69 Å². The summed E-state index contributed by atoms with van der Waals surface area (Å²) in [7, 11) is 0. The predicted molar refractivity (Wildman–Crippen MR) is 114 cm³/mol. The first-order chi connectivity index (χ1) is 14.3. The van der Waals surface area contributed by atoms with Gasteiger partial charge < -0.3 is 4.84 Å². The van der Waals surface area contributed by atoms with Gasteiger partial charge in [0.25, 0.3) is 5.69 Å². The fraction of sp³-hybridized carbons (Fsp3) is 0.174. The Balaban J connectivity index is 1.88. The van der Waals surface area contributed by atoms with Crippen LogP contribution in [0.25, 0.3) is 0 Å². The molecule has 0 aliphatic rings. The lowest BCUT2D eigenvalue weighted by molar-refractivity contribution is -0.384. The number of carbonyl (C=O) groups excluding carboxylic acids is 1. The molecule has 1 aromatic heterocycles. The van der Waals surface area contributed by atoms with E-state index in [1.807, 2.05) is 12.1 Å². The highest BCUT2D eigenvalue weighted by Crippen LogP contribution is 2.22. The van der Waals surface area contributed by atoms with Crippen molar-refractivity contribution in [2.24, 2.45) is 5.16 Å². The molecule has 0 fully saturated rings. The number of aromatic nitrogens is 1. The van der Waals surface area contributed by atoms with Crippen LogP contribution in [-0.2, 0) is 10.3 Å². The summed E-state index contributed by atoms with van der Waals surface area (Å²) >= 11 is 0. The van der Waals surface area contributed by atoms with Gasteiger partial charge in [0.2, 0.25) is 0 Å². The summed E-state index contributed by atoms with van der Waals surface area (Å²) < 4.78 is 0. The molecule has 0 amide bonds. The van der Waals surface area contributed by atoms with Crippen LogP contribution in [0.1, 0.15) is 47.8 Å². The monoisotopic (exact) mass is 403 g/mol. The molecule has 30 heavy (non-hydrogen) atoms. The third-order valence-electron chi connectivity index (χ3n) is 4.51. The van der Waals surface area contributed by atoms with E-state index >= 15 is 0 Å². The summed E-state index contributed by atoms with van der Waals surface area (Å²) in [6, 6.07) is 16.5. The van der Waals surface area contributed by atoms with Gasteiger partial charge in [-0.3, -0.25) is 15.1 Å². The van der Waals surface area contributed by atoms with E-state index < -0.39 is 10.9 Å². The maximum absolute atomic E-state index is 12.5. The SMILES string of the molecule is CC(C)(C)c1ccc(C(=O)O/N=C(/c2ccncc2)c2ccc([N+](=O)[O-])cc2)cc1. The van der Waals surface area contributed by atoms with Gasteiger partial charge in [0.05, 0.1) is 10.5 Å². The van der Waals surface area contributed by atoms with E-state index in [9.17, 15) is 14.9 Å². The van der Waals surface area contributed by atoms with Gasteiger partial charge in [0.15, 0.2) is 0 Å². The summed E-state index contributed by atoms with van der Waals surface area (Å²) in [4.78, 5) is 32.1. The van der Waals surface area contributed by atoms with Gasteiger partial charge in [0.1, 0.15) is 5.71 Å². The van der Waals surface area contributed by atoms with Crippen LogP contribution in [0.15, 0.2) is 78.2 Å². The Morgan fingerprint density at radius 2 is 1.43 bits per heavy atom. The lowest BCUT2D eigenvalue weighted by Gasteiger charge is -2.18. The summed E-state index contributed by atoms with van der Waals surface area (Å²) in [5, 5.41) is 15.0. The van der Waals surface area contributed by atoms with Crippen molar-refractivity contribution in [3.05, 3.63) is 105 Å². The normalized spacial score (nSPS) is 11.8. The topological polar surface area (TPSA) is 94.7 Å². The van der Waals surface area contributed by atoms with Gasteiger partial charge in [0, 0.05) is 35.7 Å². The number of pyridine rings is 1. The average molecular weight is 403 g/mol. The summed E-state index contributed by atoms with van der Waals surface area (Å²) in [5.41, 5.74) is 3.02. The van der Waals surface area contributed by atoms with Gasteiger partial charge in [-0.25, -0.2) is 4.79 Å². The third kappa shape index (κ3) is 4.94. The Morgan fingerprint density at radius 1 is 0.900 bits per heavy atom. The molecule has 0 spiro atoms. The molecule has 0 atom stereocenters. The number of nitro benzene ring substituents is 1. The highest BCUT2D eigenvalue weighted by Gasteiger charge is 2.16. The number of benzene rings is 2.